The predicted octanol–water partition coefficient (Wildman–Crippen LogP) is 12.4. The van der Waals surface area contributed by atoms with E-state index in [1.807, 2.05) is 21.1 Å². The number of carbonyl (C=O) groups excluding carboxylic acids is 2. The van der Waals surface area contributed by atoms with Crippen LogP contribution in [0.2, 0.25) is 0 Å². The zero-order valence-electron chi connectivity index (χ0n) is 35.5. The minimum atomic E-state index is -4.32. The first-order chi connectivity index (χ1) is 25.4. The summed E-state index contributed by atoms with van der Waals surface area (Å²) in [5.41, 5.74) is 0. The molecule has 0 aliphatic heterocycles. The Morgan fingerprint density at radius 1 is 0.547 bits per heavy atom. The molecule has 0 radical (unpaired) electrons. The summed E-state index contributed by atoms with van der Waals surface area (Å²) in [6.45, 7) is 3.40. The van der Waals surface area contributed by atoms with Crippen LogP contribution in [-0.2, 0) is 32.7 Å². The summed E-state index contributed by atoms with van der Waals surface area (Å²) < 4.78 is 33.0. The normalized spacial score (nSPS) is 13.5. The van der Waals surface area contributed by atoms with E-state index in [1.54, 1.807) is 0 Å². The second kappa shape index (κ2) is 36.6. The lowest BCUT2D eigenvalue weighted by Crippen LogP contribution is -2.37. The lowest BCUT2D eigenvalue weighted by atomic mass is 10.0. The van der Waals surface area contributed by atoms with Crippen molar-refractivity contribution in [2.24, 2.45) is 0 Å². The van der Waals surface area contributed by atoms with E-state index in [4.69, 9.17) is 18.5 Å². The zero-order valence-corrected chi connectivity index (χ0v) is 36.4. The summed E-state index contributed by atoms with van der Waals surface area (Å²) >= 11 is 0. The van der Waals surface area contributed by atoms with Gasteiger partial charge in [-0.1, -0.05) is 193 Å². The molecule has 0 bridgehead atoms. The Kier molecular flexibility index (Phi) is 36.0. The minimum Gasteiger partial charge on any atom is -0.462 e. The van der Waals surface area contributed by atoms with Crippen LogP contribution in [0.15, 0.2) is 0 Å². The van der Waals surface area contributed by atoms with Gasteiger partial charge in [0.1, 0.15) is 19.8 Å². The lowest BCUT2D eigenvalue weighted by Gasteiger charge is -2.24. The number of carbonyl (C=O) groups is 2. The Morgan fingerprint density at radius 3 is 1.21 bits per heavy atom. The van der Waals surface area contributed by atoms with Crippen molar-refractivity contribution in [3.05, 3.63) is 0 Å². The second-order valence-corrected chi connectivity index (χ2v) is 18.0. The van der Waals surface area contributed by atoms with E-state index in [9.17, 15) is 19.0 Å². The molecule has 0 spiro atoms. The lowest BCUT2D eigenvalue weighted by molar-refractivity contribution is -0.870. The average Bonchev–Trinajstić information content (AvgIpc) is 3.09. The van der Waals surface area contributed by atoms with Gasteiger partial charge in [0.25, 0.3) is 0 Å². The molecule has 0 saturated heterocycles. The second-order valence-electron chi connectivity index (χ2n) is 16.5. The zero-order chi connectivity index (χ0) is 39.3. The first-order valence-electron chi connectivity index (χ1n) is 22.2. The molecule has 53 heavy (non-hydrogen) atoms. The third kappa shape index (κ3) is 42.0. The highest BCUT2D eigenvalue weighted by molar-refractivity contribution is 7.47. The van der Waals surface area contributed by atoms with Crippen molar-refractivity contribution in [3.8, 4) is 0 Å². The largest absolute Gasteiger partial charge is 0.472 e. The highest BCUT2D eigenvalue weighted by atomic mass is 31.2. The molecule has 0 aliphatic rings. The number of phosphoric ester groups is 1. The van der Waals surface area contributed by atoms with E-state index in [0.717, 1.165) is 19.3 Å². The van der Waals surface area contributed by atoms with Crippen LogP contribution >= 0.6 is 7.82 Å². The number of ether oxygens (including phenoxy) is 2. The summed E-state index contributed by atoms with van der Waals surface area (Å²) in [7, 11) is 1.48. The number of nitrogens with zero attached hydrogens (tertiary/aromatic N) is 1. The molecule has 0 rings (SSSR count). The van der Waals surface area contributed by atoms with E-state index in [2.05, 4.69) is 6.92 Å². The fourth-order valence-electron chi connectivity index (χ4n) is 6.55. The number of phosphoric acid groups is 1. The van der Waals surface area contributed by atoms with E-state index in [1.165, 1.54) is 180 Å². The van der Waals surface area contributed by atoms with Crippen molar-refractivity contribution in [1.82, 2.24) is 0 Å². The molecule has 0 heterocycles. The summed E-state index contributed by atoms with van der Waals surface area (Å²) in [5.74, 6) is -0.979. The highest BCUT2D eigenvalue weighted by Gasteiger charge is 2.26. The topological polar surface area (TPSA) is 108 Å². The molecular weight excluding hydrogens is 689 g/mol. The molecule has 0 fully saturated rings. The van der Waals surface area contributed by atoms with Crippen molar-refractivity contribution in [2.45, 2.75) is 219 Å². The molecule has 0 aromatic heterocycles. The predicted molar refractivity (Wildman–Crippen MR) is 220 cm³/mol. The molecule has 9 nitrogen and oxygen atoms in total. The van der Waals surface area contributed by atoms with Crippen molar-refractivity contribution in [1.29, 1.82) is 0 Å². The van der Waals surface area contributed by atoms with Crippen LogP contribution in [0.4, 0.5) is 0 Å². The van der Waals surface area contributed by atoms with Crippen LogP contribution in [0.5, 0.6) is 0 Å². The van der Waals surface area contributed by atoms with E-state index < -0.39 is 26.5 Å². The van der Waals surface area contributed by atoms with Gasteiger partial charge in [0.15, 0.2) is 6.10 Å². The van der Waals surface area contributed by atoms with Crippen LogP contribution in [-0.4, -0.2) is 74.9 Å². The highest BCUT2D eigenvalue weighted by Crippen LogP contribution is 2.43. The van der Waals surface area contributed by atoms with Crippen LogP contribution in [0.3, 0.4) is 0 Å². The molecule has 10 heteroatoms. The van der Waals surface area contributed by atoms with Gasteiger partial charge >= 0.3 is 19.8 Å². The summed E-state index contributed by atoms with van der Waals surface area (Å²) in [6, 6.07) is 0. The SMILES string of the molecule is CCCCCCCCCCCCCCCCCCCCCCCCCCCCCCCCC(=O)OC[C@H](COP(=O)(O)OCC[N+](C)(C)C)OC(C)=O. The van der Waals surface area contributed by atoms with Gasteiger partial charge in [-0.05, 0) is 6.42 Å². The Balaban J connectivity index is 3.51. The van der Waals surface area contributed by atoms with Gasteiger partial charge < -0.3 is 18.9 Å². The Labute approximate surface area is 327 Å². The van der Waals surface area contributed by atoms with Gasteiger partial charge in [-0.15, -0.1) is 0 Å². The number of esters is 2. The third-order valence-electron chi connectivity index (χ3n) is 9.94. The molecule has 0 aromatic rings. The number of hydrogen-bond donors (Lipinski definition) is 1. The molecule has 0 saturated carbocycles. The van der Waals surface area contributed by atoms with Gasteiger partial charge in [0.05, 0.1) is 27.7 Å². The molecular formula is C43H87NO8P+. The first-order valence-corrected chi connectivity index (χ1v) is 23.7. The van der Waals surface area contributed by atoms with Crippen LogP contribution in [0.1, 0.15) is 213 Å². The fraction of sp³-hybridized carbons (Fsp3) is 0.953. The third-order valence-corrected chi connectivity index (χ3v) is 10.9. The van der Waals surface area contributed by atoms with Crippen molar-refractivity contribution in [3.63, 3.8) is 0 Å². The molecule has 1 N–H and O–H groups in total. The average molecular weight is 777 g/mol. The first kappa shape index (κ1) is 52.0. The van der Waals surface area contributed by atoms with E-state index in [0.29, 0.717) is 17.4 Å². The maximum atomic E-state index is 12.2. The molecule has 1 unspecified atom stereocenters. The summed E-state index contributed by atoms with van der Waals surface area (Å²) in [6.07, 6.45) is 40.1. The Hall–Kier alpha value is -0.990. The summed E-state index contributed by atoms with van der Waals surface area (Å²) in [5, 5.41) is 0. The number of unbranched alkanes of at least 4 members (excludes halogenated alkanes) is 29. The quantitative estimate of drug-likeness (QED) is 0.0283. The van der Waals surface area contributed by atoms with Crippen LogP contribution < -0.4 is 0 Å². The smallest absolute Gasteiger partial charge is 0.462 e. The Bertz CT molecular complexity index is 881. The Morgan fingerprint density at radius 2 is 0.887 bits per heavy atom. The number of quaternary nitrogens is 1. The molecule has 316 valence electrons. The maximum absolute atomic E-state index is 12.2. The molecule has 0 amide bonds. The standard InChI is InChI=1S/C43H86NO8P/c1-6-7-8-9-10-11-12-13-14-15-16-17-18-19-20-21-22-23-24-25-26-27-28-29-30-31-32-33-34-35-36-43(46)49-39-42(52-41(2)45)40-51-53(47,48)50-38-37-44(3,4)5/h42H,6-40H2,1-5H3/p+1/t42-/m1/s1. The molecule has 0 aliphatic carbocycles. The van der Waals surface area contributed by atoms with Gasteiger partial charge in [0, 0.05) is 13.3 Å². The van der Waals surface area contributed by atoms with E-state index >= 15 is 0 Å². The van der Waals surface area contributed by atoms with Gasteiger partial charge in [-0.2, -0.15) is 0 Å². The number of hydrogen-bond acceptors (Lipinski definition) is 7. The van der Waals surface area contributed by atoms with Crippen molar-refractivity contribution < 1.29 is 42.1 Å². The fourth-order valence-corrected chi connectivity index (χ4v) is 7.29. The maximum Gasteiger partial charge on any atom is 0.472 e. The number of likely N-dealkylation sites (N-methyl/N-ethyl adjacent to an activating group) is 1. The van der Waals surface area contributed by atoms with E-state index in [-0.39, 0.29) is 19.2 Å². The monoisotopic (exact) mass is 777 g/mol. The summed E-state index contributed by atoms with van der Waals surface area (Å²) in [4.78, 5) is 33.5. The van der Waals surface area contributed by atoms with Crippen molar-refractivity contribution in [2.75, 3.05) is 47.5 Å². The minimum absolute atomic E-state index is 0.0319. The molecule has 2 atom stereocenters. The number of rotatable bonds is 41. The van der Waals surface area contributed by atoms with Crippen molar-refractivity contribution >= 4 is 19.8 Å². The van der Waals surface area contributed by atoms with Gasteiger partial charge in [-0.3, -0.25) is 18.6 Å². The molecule has 0 aromatic carbocycles. The van der Waals surface area contributed by atoms with Crippen LogP contribution in [0, 0.1) is 0 Å². The van der Waals surface area contributed by atoms with Crippen LogP contribution in [0.25, 0.3) is 0 Å². The van der Waals surface area contributed by atoms with Gasteiger partial charge in [0.2, 0.25) is 0 Å². The van der Waals surface area contributed by atoms with Gasteiger partial charge in [-0.25, -0.2) is 4.57 Å².